The third-order valence-electron chi connectivity index (χ3n) is 3.54. The Morgan fingerprint density at radius 2 is 1.16 bits per heavy atom. The highest BCUT2D eigenvalue weighted by Gasteiger charge is 2.05. The maximum absolute atomic E-state index is 10.7. The minimum atomic E-state index is -0.000492. The summed E-state index contributed by atoms with van der Waals surface area (Å²) in [6, 6.07) is 8.87. The zero-order chi connectivity index (χ0) is 18.1. The highest BCUT2D eigenvalue weighted by atomic mass is 16.5. The monoisotopic (exact) mass is 344 g/mol. The number of benzene rings is 2. The van der Waals surface area contributed by atoms with E-state index in [9.17, 15) is 19.8 Å². The molecule has 2 aromatic carbocycles. The Balaban J connectivity index is 1.67. The predicted molar refractivity (Wildman–Crippen MR) is 91.8 cm³/mol. The van der Waals surface area contributed by atoms with E-state index in [1.54, 1.807) is 0 Å². The molecule has 0 saturated heterocycles. The summed E-state index contributed by atoms with van der Waals surface area (Å²) in [5.41, 5.74) is 0.886. The Hall–Kier alpha value is -3.02. The fourth-order valence-electron chi connectivity index (χ4n) is 2.18. The SMILES string of the molecule is O=Cc1ccc(O)c(OCCCCCOc2cc(C=O)ccc2O)c1. The predicted octanol–water partition coefficient (Wildman–Crippen LogP) is 3.35. The molecule has 0 amide bonds. The van der Waals surface area contributed by atoms with Crippen LogP contribution in [0.4, 0.5) is 0 Å². The zero-order valence-corrected chi connectivity index (χ0v) is 13.7. The second-order valence-electron chi connectivity index (χ2n) is 5.45. The molecule has 25 heavy (non-hydrogen) atoms. The van der Waals surface area contributed by atoms with Gasteiger partial charge in [-0.1, -0.05) is 0 Å². The molecular weight excluding hydrogens is 324 g/mol. The molecule has 6 nitrogen and oxygen atoms in total. The summed E-state index contributed by atoms with van der Waals surface area (Å²) in [5.74, 6) is 0.576. The number of phenolic OH excluding ortho intramolecular Hbond substituents is 2. The van der Waals surface area contributed by atoms with Crippen LogP contribution in [0.25, 0.3) is 0 Å². The van der Waals surface area contributed by atoms with Gasteiger partial charge < -0.3 is 19.7 Å². The number of aromatic hydroxyl groups is 2. The van der Waals surface area contributed by atoms with Gasteiger partial charge in [0.1, 0.15) is 12.6 Å². The van der Waals surface area contributed by atoms with Gasteiger partial charge in [0.25, 0.3) is 0 Å². The van der Waals surface area contributed by atoms with Crippen LogP contribution in [0.1, 0.15) is 40.0 Å². The first kappa shape index (κ1) is 18.3. The number of phenols is 2. The van der Waals surface area contributed by atoms with Crippen molar-refractivity contribution in [2.45, 2.75) is 19.3 Å². The average molecular weight is 344 g/mol. The van der Waals surface area contributed by atoms with Crippen molar-refractivity contribution in [3.05, 3.63) is 47.5 Å². The smallest absolute Gasteiger partial charge is 0.161 e. The fourth-order valence-corrected chi connectivity index (χ4v) is 2.18. The summed E-state index contributed by atoms with van der Waals surface area (Å²) >= 11 is 0. The minimum Gasteiger partial charge on any atom is -0.504 e. The number of hydrogen-bond donors (Lipinski definition) is 2. The van der Waals surface area contributed by atoms with Gasteiger partial charge >= 0.3 is 0 Å². The molecule has 6 heteroatoms. The molecule has 0 aliphatic heterocycles. The van der Waals surface area contributed by atoms with Gasteiger partial charge in [0, 0.05) is 11.1 Å². The molecule has 0 unspecified atom stereocenters. The lowest BCUT2D eigenvalue weighted by Gasteiger charge is -2.10. The zero-order valence-electron chi connectivity index (χ0n) is 13.7. The van der Waals surface area contributed by atoms with Gasteiger partial charge in [0.05, 0.1) is 13.2 Å². The van der Waals surface area contributed by atoms with Crippen LogP contribution in [0.5, 0.6) is 23.0 Å². The normalized spacial score (nSPS) is 10.2. The van der Waals surface area contributed by atoms with E-state index < -0.39 is 0 Å². The lowest BCUT2D eigenvalue weighted by atomic mass is 10.2. The van der Waals surface area contributed by atoms with E-state index in [0.29, 0.717) is 36.9 Å². The van der Waals surface area contributed by atoms with E-state index in [2.05, 4.69) is 0 Å². The quantitative estimate of drug-likeness (QED) is 0.507. The summed E-state index contributed by atoms with van der Waals surface area (Å²) in [4.78, 5) is 21.4. The second kappa shape index (κ2) is 9.32. The van der Waals surface area contributed by atoms with Crippen molar-refractivity contribution in [1.29, 1.82) is 0 Å². The number of carbonyl (C=O) groups is 2. The Morgan fingerprint density at radius 1 is 0.720 bits per heavy atom. The van der Waals surface area contributed by atoms with Gasteiger partial charge in [-0.25, -0.2) is 0 Å². The van der Waals surface area contributed by atoms with Gasteiger partial charge in [-0.2, -0.15) is 0 Å². The molecule has 0 spiro atoms. The van der Waals surface area contributed by atoms with Crippen molar-refractivity contribution in [2.24, 2.45) is 0 Å². The average Bonchev–Trinajstić information content (AvgIpc) is 2.63. The van der Waals surface area contributed by atoms with Crippen LogP contribution in [0.2, 0.25) is 0 Å². The van der Waals surface area contributed by atoms with E-state index in [1.807, 2.05) is 0 Å². The van der Waals surface area contributed by atoms with Crippen molar-refractivity contribution >= 4 is 12.6 Å². The van der Waals surface area contributed by atoms with E-state index in [1.165, 1.54) is 36.4 Å². The van der Waals surface area contributed by atoms with Crippen LogP contribution in [-0.4, -0.2) is 36.0 Å². The lowest BCUT2D eigenvalue weighted by molar-refractivity contribution is 0.111. The lowest BCUT2D eigenvalue weighted by Crippen LogP contribution is -2.01. The Morgan fingerprint density at radius 3 is 1.56 bits per heavy atom. The summed E-state index contributed by atoms with van der Waals surface area (Å²) in [6.45, 7) is 0.809. The van der Waals surface area contributed by atoms with Gasteiger partial charge in [-0.15, -0.1) is 0 Å². The minimum absolute atomic E-state index is 0.000492. The van der Waals surface area contributed by atoms with E-state index in [0.717, 1.165) is 19.3 Å². The maximum Gasteiger partial charge on any atom is 0.161 e. The summed E-state index contributed by atoms with van der Waals surface area (Å²) < 4.78 is 10.9. The summed E-state index contributed by atoms with van der Waals surface area (Å²) in [6.07, 6.45) is 3.70. The van der Waals surface area contributed by atoms with Crippen LogP contribution < -0.4 is 9.47 Å². The van der Waals surface area contributed by atoms with Gasteiger partial charge in [-0.05, 0) is 55.7 Å². The van der Waals surface area contributed by atoms with E-state index >= 15 is 0 Å². The molecule has 132 valence electrons. The number of aldehydes is 2. The largest absolute Gasteiger partial charge is 0.504 e. The first-order chi connectivity index (χ1) is 12.1. The molecule has 0 aliphatic rings. The molecule has 0 fully saturated rings. The molecule has 0 aliphatic carbocycles. The van der Waals surface area contributed by atoms with Crippen LogP contribution >= 0.6 is 0 Å². The molecule has 2 N–H and O–H groups in total. The molecular formula is C19H20O6. The van der Waals surface area contributed by atoms with Crippen molar-refractivity contribution in [3.63, 3.8) is 0 Å². The van der Waals surface area contributed by atoms with Gasteiger partial charge in [-0.3, -0.25) is 9.59 Å². The fraction of sp³-hybridized carbons (Fsp3) is 0.263. The topological polar surface area (TPSA) is 93.1 Å². The number of rotatable bonds is 10. The highest BCUT2D eigenvalue weighted by molar-refractivity contribution is 5.76. The highest BCUT2D eigenvalue weighted by Crippen LogP contribution is 2.27. The van der Waals surface area contributed by atoms with Gasteiger partial charge in [0.2, 0.25) is 0 Å². The molecule has 0 atom stereocenters. The molecule has 0 heterocycles. The van der Waals surface area contributed by atoms with Crippen LogP contribution in [0.15, 0.2) is 36.4 Å². The molecule has 2 rings (SSSR count). The number of unbranched alkanes of at least 4 members (excludes halogenated alkanes) is 2. The van der Waals surface area contributed by atoms with Crippen LogP contribution in [0.3, 0.4) is 0 Å². The number of carbonyl (C=O) groups excluding carboxylic acids is 2. The molecule has 0 bridgehead atoms. The number of ether oxygens (including phenoxy) is 2. The molecule has 2 aromatic rings. The Bertz CT molecular complexity index is 664. The Labute approximate surface area is 145 Å². The molecule has 0 aromatic heterocycles. The molecule has 0 radical (unpaired) electrons. The van der Waals surface area contributed by atoms with Crippen molar-refractivity contribution in [2.75, 3.05) is 13.2 Å². The van der Waals surface area contributed by atoms with Crippen molar-refractivity contribution in [3.8, 4) is 23.0 Å². The van der Waals surface area contributed by atoms with Gasteiger partial charge in [0.15, 0.2) is 23.0 Å². The third-order valence-corrected chi connectivity index (χ3v) is 3.54. The standard InChI is InChI=1S/C19H20O6/c20-12-14-4-6-16(22)18(10-14)24-8-2-1-3-9-25-19-11-15(13-21)5-7-17(19)23/h4-7,10-13,22-23H,1-3,8-9H2. The Kier molecular flexibility index (Phi) is 6.83. The molecule has 0 saturated carbocycles. The third kappa shape index (κ3) is 5.53. The van der Waals surface area contributed by atoms with E-state index in [-0.39, 0.29) is 23.0 Å². The van der Waals surface area contributed by atoms with Crippen molar-refractivity contribution < 1.29 is 29.3 Å². The van der Waals surface area contributed by atoms with Crippen LogP contribution in [0, 0.1) is 0 Å². The number of hydrogen-bond acceptors (Lipinski definition) is 6. The maximum atomic E-state index is 10.7. The van der Waals surface area contributed by atoms with Crippen LogP contribution in [-0.2, 0) is 0 Å². The van der Waals surface area contributed by atoms with E-state index in [4.69, 9.17) is 9.47 Å². The first-order valence-electron chi connectivity index (χ1n) is 7.96. The summed E-state index contributed by atoms with van der Waals surface area (Å²) in [5, 5.41) is 19.3. The second-order valence-corrected chi connectivity index (χ2v) is 5.45. The summed E-state index contributed by atoms with van der Waals surface area (Å²) in [7, 11) is 0. The first-order valence-corrected chi connectivity index (χ1v) is 7.96. The van der Waals surface area contributed by atoms with Crippen molar-refractivity contribution in [1.82, 2.24) is 0 Å².